The van der Waals surface area contributed by atoms with Gasteiger partial charge in [0.1, 0.15) is 5.56 Å². The van der Waals surface area contributed by atoms with E-state index in [2.05, 4.69) is 30.2 Å². The Hall–Kier alpha value is -2.97. The smallest absolute Gasteiger partial charge is 0.343 e. The molecule has 1 radical (unpaired) electrons. The molecule has 3 rings (SSSR count). The molecule has 0 amide bonds. The van der Waals surface area contributed by atoms with Crippen molar-refractivity contribution in [3.05, 3.63) is 38.9 Å². The van der Waals surface area contributed by atoms with Crippen molar-refractivity contribution in [1.82, 2.24) is 24.9 Å². The van der Waals surface area contributed by atoms with Crippen LogP contribution in [0.2, 0.25) is 0 Å². The van der Waals surface area contributed by atoms with Gasteiger partial charge < -0.3 is 10.1 Å². The molecule has 89 valence electrons. The molecule has 2 aromatic heterocycles. The van der Waals surface area contributed by atoms with Crippen molar-refractivity contribution in [2.45, 2.75) is 0 Å². The van der Waals surface area contributed by atoms with Crippen LogP contribution in [0.4, 0.5) is 11.5 Å². The van der Waals surface area contributed by atoms with E-state index in [1.165, 1.54) is 6.20 Å². The lowest BCUT2D eigenvalue weighted by atomic mass is 10.3. The second kappa shape index (κ2) is 3.52. The van der Waals surface area contributed by atoms with E-state index < -0.39 is 11.2 Å². The third-order valence-corrected chi connectivity index (χ3v) is 2.34. The minimum Gasteiger partial charge on any atom is -0.491 e. The lowest BCUT2D eigenvalue weighted by Gasteiger charge is -1.95. The number of hydrogen-bond acceptors (Lipinski definition) is 7. The molecule has 0 saturated carbocycles. The van der Waals surface area contributed by atoms with Gasteiger partial charge in [0.2, 0.25) is 5.69 Å². The number of rotatable bonds is 1. The van der Waals surface area contributed by atoms with E-state index >= 15 is 0 Å². The fourth-order valence-electron chi connectivity index (χ4n) is 1.53. The largest absolute Gasteiger partial charge is 0.491 e. The van der Waals surface area contributed by atoms with Crippen LogP contribution in [0.15, 0.2) is 22.1 Å². The van der Waals surface area contributed by atoms with Crippen molar-refractivity contribution >= 4 is 17.3 Å². The van der Waals surface area contributed by atoms with Crippen LogP contribution in [0, 0.1) is 0 Å². The molecule has 0 aromatic carbocycles. The highest BCUT2D eigenvalue weighted by atomic mass is 16.3. The molecule has 1 aliphatic heterocycles. The topological polar surface area (TPSA) is 138 Å². The number of aromatic hydroxyl groups is 1. The average Bonchev–Trinajstić information content (AvgIpc) is 2.74. The fraction of sp³-hybridized carbons (Fsp3) is 0. The number of fused-ring (bicyclic) bond motifs is 1. The van der Waals surface area contributed by atoms with Crippen LogP contribution in [-0.2, 0) is 0 Å². The van der Waals surface area contributed by atoms with Gasteiger partial charge >= 0.3 is 11.5 Å². The number of nitrogens with zero attached hydrogens (tertiary/aromatic N) is 3. The van der Waals surface area contributed by atoms with Gasteiger partial charge in [0.15, 0.2) is 6.33 Å². The molecule has 0 aliphatic carbocycles. The number of hydrogen-bond donors (Lipinski definition) is 4. The Morgan fingerprint density at radius 2 is 2.11 bits per heavy atom. The zero-order valence-electron chi connectivity index (χ0n) is 8.76. The van der Waals surface area contributed by atoms with E-state index in [9.17, 15) is 14.7 Å². The van der Waals surface area contributed by atoms with Crippen LogP contribution in [0.25, 0.3) is 0 Å². The summed E-state index contributed by atoms with van der Waals surface area (Å²) in [5, 5.41) is 12.2. The second-order valence-corrected chi connectivity index (χ2v) is 3.47. The van der Waals surface area contributed by atoms with Gasteiger partial charge in [0.05, 0.1) is 0 Å². The number of H-pyrrole nitrogens is 2. The molecule has 1 aliphatic rings. The van der Waals surface area contributed by atoms with Gasteiger partial charge in [-0.1, -0.05) is 9.98 Å². The molecule has 0 atom stereocenters. The standard InChI is InChI=1S/C9H6N6O3/c16-7-3(1-10-9(18)15-7)5-13-4-6(14-5)11-2-12-8(4)17/h1-2,13H,(H,11,12,17)(H2,10,15,16,18)/q+1. The molecule has 0 unspecified atom stereocenters. The molecule has 0 bridgehead atoms. The van der Waals surface area contributed by atoms with Gasteiger partial charge in [-0.25, -0.2) is 4.79 Å². The van der Waals surface area contributed by atoms with Crippen LogP contribution in [0.5, 0.6) is 5.88 Å². The minimum absolute atomic E-state index is 0.131. The fourth-order valence-corrected chi connectivity index (χ4v) is 1.53. The van der Waals surface area contributed by atoms with E-state index in [-0.39, 0.29) is 28.8 Å². The number of aromatic amines is 2. The highest BCUT2D eigenvalue weighted by Crippen LogP contribution is 2.29. The molecule has 0 spiro atoms. The van der Waals surface area contributed by atoms with Gasteiger partial charge in [-0.3, -0.25) is 15.1 Å². The van der Waals surface area contributed by atoms with Gasteiger partial charge in [0, 0.05) is 6.20 Å². The Bertz CT molecular complexity index is 774. The first kappa shape index (κ1) is 10.2. The molecular weight excluding hydrogens is 240 g/mol. The van der Waals surface area contributed by atoms with E-state index in [4.69, 9.17) is 0 Å². The molecule has 0 saturated heterocycles. The Kier molecular flexibility index (Phi) is 1.99. The van der Waals surface area contributed by atoms with Crippen LogP contribution in [-0.4, -0.2) is 30.9 Å². The van der Waals surface area contributed by atoms with Gasteiger partial charge in [0.25, 0.3) is 17.3 Å². The highest BCUT2D eigenvalue weighted by Gasteiger charge is 2.31. The summed E-state index contributed by atoms with van der Waals surface area (Å²) in [5.41, 5.74) is -0.849. The van der Waals surface area contributed by atoms with Crippen LogP contribution in [0.1, 0.15) is 5.56 Å². The Morgan fingerprint density at radius 1 is 1.28 bits per heavy atom. The summed E-state index contributed by atoms with van der Waals surface area (Å²) in [7, 11) is 0. The van der Waals surface area contributed by atoms with Crippen molar-refractivity contribution in [2.24, 2.45) is 0 Å². The predicted molar refractivity (Wildman–Crippen MR) is 60.9 cm³/mol. The maximum Gasteiger partial charge on any atom is 0.343 e. The summed E-state index contributed by atoms with van der Waals surface area (Å²) < 4.78 is 0. The highest BCUT2D eigenvalue weighted by molar-refractivity contribution is 6.13. The summed E-state index contributed by atoms with van der Waals surface area (Å²) in [6, 6.07) is 0. The van der Waals surface area contributed by atoms with Crippen LogP contribution in [0.3, 0.4) is 0 Å². The molecular formula is C9H6N6O3+. The van der Waals surface area contributed by atoms with Gasteiger partial charge in [-0.2, -0.15) is 4.98 Å². The zero-order chi connectivity index (χ0) is 12.7. The Balaban J connectivity index is 2.11. The van der Waals surface area contributed by atoms with Crippen molar-refractivity contribution in [2.75, 3.05) is 5.32 Å². The monoisotopic (exact) mass is 246 g/mol. The van der Waals surface area contributed by atoms with Crippen molar-refractivity contribution in [3.8, 4) is 5.88 Å². The lowest BCUT2D eigenvalue weighted by molar-refractivity contribution is 0.455. The molecule has 18 heavy (non-hydrogen) atoms. The molecule has 9 heteroatoms. The first-order valence-electron chi connectivity index (χ1n) is 4.87. The van der Waals surface area contributed by atoms with E-state index in [0.717, 1.165) is 6.33 Å². The summed E-state index contributed by atoms with van der Waals surface area (Å²) in [5.74, 6) is 0.140. The number of aromatic nitrogens is 4. The van der Waals surface area contributed by atoms with E-state index in [0.29, 0.717) is 0 Å². The van der Waals surface area contributed by atoms with Gasteiger partial charge in [-0.05, 0) is 0 Å². The third kappa shape index (κ3) is 1.45. The Morgan fingerprint density at radius 3 is 2.83 bits per heavy atom. The number of anilines is 1. The van der Waals surface area contributed by atoms with Crippen molar-refractivity contribution < 1.29 is 5.11 Å². The maximum atomic E-state index is 11.6. The Labute approximate surface area is 98.3 Å². The maximum absolute atomic E-state index is 11.6. The summed E-state index contributed by atoms with van der Waals surface area (Å²) >= 11 is 0. The molecule has 9 nitrogen and oxygen atoms in total. The average molecular weight is 246 g/mol. The second-order valence-electron chi connectivity index (χ2n) is 3.47. The number of nitrogens with one attached hydrogen (secondary N) is 3. The normalized spacial score (nSPS) is 12.8. The van der Waals surface area contributed by atoms with E-state index in [1.807, 2.05) is 0 Å². The quantitative estimate of drug-likeness (QED) is 0.478. The molecule has 4 N–H and O–H groups in total. The van der Waals surface area contributed by atoms with Crippen molar-refractivity contribution in [1.29, 1.82) is 0 Å². The SMILES string of the molecule is O=c1[nH]cc(C2=[N+]c3ncnc(O)c3N2)c(=O)[nH]1. The van der Waals surface area contributed by atoms with Gasteiger partial charge in [-0.15, -0.1) is 0 Å². The molecule has 2 aromatic rings. The third-order valence-electron chi connectivity index (χ3n) is 2.34. The minimum atomic E-state index is -0.609. The zero-order valence-corrected chi connectivity index (χ0v) is 8.76. The summed E-state index contributed by atoms with van der Waals surface area (Å²) in [6.07, 6.45) is 2.38. The molecule has 3 heterocycles. The number of aliphatic imine (C=N–C) groups is 1. The summed E-state index contributed by atoms with van der Waals surface area (Å²) in [4.78, 5) is 38.3. The molecule has 0 fully saturated rings. The van der Waals surface area contributed by atoms with E-state index in [1.54, 1.807) is 0 Å². The lowest BCUT2D eigenvalue weighted by Crippen LogP contribution is -2.30. The summed E-state index contributed by atoms with van der Waals surface area (Å²) in [6.45, 7) is 0. The van der Waals surface area contributed by atoms with Crippen LogP contribution < -0.4 is 21.6 Å². The first-order chi connectivity index (χ1) is 8.65. The number of amidine groups is 1. The predicted octanol–water partition coefficient (Wildman–Crippen LogP) is -1.60. The van der Waals surface area contributed by atoms with Crippen LogP contribution >= 0.6 is 0 Å². The first-order valence-corrected chi connectivity index (χ1v) is 4.87. The van der Waals surface area contributed by atoms with Crippen molar-refractivity contribution in [3.63, 3.8) is 0 Å².